The van der Waals surface area contributed by atoms with Gasteiger partial charge in [0.25, 0.3) is 5.56 Å². The van der Waals surface area contributed by atoms with Gasteiger partial charge in [0.1, 0.15) is 0 Å². The summed E-state index contributed by atoms with van der Waals surface area (Å²) in [4.78, 5) is 26.4. The molecule has 0 aliphatic heterocycles. The van der Waals surface area contributed by atoms with Crippen molar-refractivity contribution < 1.29 is 9.90 Å². The predicted octanol–water partition coefficient (Wildman–Crippen LogP) is 1.83. The van der Waals surface area contributed by atoms with Crippen LogP contribution in [0.4, 0.5) is 4.79 Å². The molecule has 0 aliphatic carbocycles. The third-order valence-electron chi connectivity index (χ3n) is 3.84. The van der Waals surface area contributed by atoms with Crippen LogP contribution in [0.2, 0.25) is 0 Å². The normalized spacial score (nSPS) is 11.8. The Labute approximate surface area is 140 Å². The Bertz CT molecular complexity index is 766. The number of aryl methyl sites for hydroxylation is 3. The smallest absolute Gasteiger partial charge is 0.315 e. The third kappa shape index (κ3) is 4.70. The van der Waals surface area contributed by atoms with Gasteiger partial charge in [-0.1, -0.05) is 29.8 Å². The summed E-state index contributed by atoms with van der Waals surface area (Å²) in [6, 6.07) is 8.90. The molecular formula is C18H23N3O3. The number of amides is 2. The molecule has 1 heterocycles. The van der Waals surface area contributed by atoms with Crippen molar-refractivity contribution in [2.24, 2.45) is 0 Å². The molecule has 2 aromatic rings. The highest BCUT2D eigenvalue weighted by molar-refractivity contribution is 5.73. The van der Waals surface area contributed by atoms with Crippen molar-refractivity contribution in [1.82, 2.24) is 15.6 Å². The monoisotopic (exact) mass is 329 g/mol. The Morgan fingerprint density at radius 3 is 2.46 bits per heavy atom. The molecule has 0 spiro atoms. The fourth-order valence-electron chi connectivity index (χ4n) is 2.43. The number of aliphatic hydroxyl groups excluding tert-OH is 1. The Hall–Kier alpha value is -2.60. The van der Waals surface area contributed by atoms with E-state index in [-0.39, 0.29) is 18.6 Å². The number of aliphatic hydroxyl groups is 1. The minimum Gasteiger partial charge on any atom is -0.387 e. The molecule has 1 aromatic heterocycles. The lowest BCUT2D eigenvalue weighted by molar-refractivity contribution is 0.173. The second-order valence-corrected chi connectivity index (χ2v) is 5.93. The van der Waals surface area contributed by atoms with E-state index >= 15 is 0 Å². The molecule has 4 N–H and O–H groups in total. The Balaban J connectivity index is 1.86. The first kappa shape index (κ1) is 17.7. The van der Waals surface area contributed by atoms with Crippen LogP contribution in [0, 0.1) is 20.8 Å². The lowest BCUT2D eigenvalue weighted by Crippen LogP contribution is -2.38. The minimum absolute atomic E-state index is 0.0954. The first-order chi connectivity index (χ1) is 11.4. The maximum Gasteiger partial charge on any atom is 0.315 e. The van der Waals surface area contributed by atoms with Crippen molar-refractivity contribution in [3.8, 4) is 0 Å². The number of aromatic amines is 1. The summed E-state index contributed by atoms with van der Waals surface area (Å²) in [5.41, 5.74) is 3.78. The summed E-state index contributed by atoms with van der Waals surface area (Å²) < 4.78 is 0. The number of rotatable bonds is 5. The molecule has 2 amide bonds. The molecule has 0 radical (unpaired) electrons. The van der Waals surface area contributed by atoms with Crippen molar-refractivity contribution in [2.45, 2.75) is 33.4 Å². The van der Waals surface area contributed by atoms with E-state index in [1.807, 2.05) is 51.1 Å². The summed E-state index contributed by atoms with van der Waals surface area (Å²) >= 11 is 0. The average Bonchev–Trinajstić information content (AvgIpc) is 2.52. The first-order valence-electron chi connectivity index (χ1n) is 7.82. The van der Waals surface area contributed by atoms with E-state index in [1.165, 1.54) is 0 Å². The highest BCUT2D eigenvalue weighted by atomic mass is 16.3. The van der Waals surface area contributed by atoms with Crippen LogP contribution >= 0.6 is 0 Å². The van der Waals surface area contributed by atoms with Gasteiger partial charge in [0.15, 0.2) is 0 Å². The van der Waals surface area contributed by atoms with Gasteiger partial charge in [0.05, 0.1) is 12.6 Å². The van der Waals surface area contributed by atoms with Crippen LogP contribution in [-0.4, -0.2) is 22.7 Å². The van der Waals surface area contributed by atoms with Crippen LogP contribution in [0.1, 0.15) is 34.1 Å². The second-order valence-electron chi connectivity index (χ2n) is 5.93. The van der Waals surface area contributed by atoms with Gasteiger partial charge in [0, 0.05) is 17.8 Å². The topological polar surface area (TPSA) is 94.2 Å². The fourth-order valence-corrected chi connectivity index (χ4v) is 2.43. The molecule has 0 saturated heterocycles. The largest absolute Gasteiger partial charge is 0.387 e. The van der Waals surface area contributed by atoms with Crippen molar-refractivity contribution in [1.29, 1.82) is 0 Å². The van der Waals surface area contributed by atoms with Gasteiger partial charge >= 0.3 is 6.03 Å². The quantitative estimate of drug-likeness (QED) is 0.674. The maximum atomic E-state index is 11.9. The van der Waals surface area contributed by atoms with Crippen LogP contribution in [-0.2, 0) is 6.54 Å². The molecule has 6 heteroatoms. The number of carbonyl (C=O) groups excluding carboxylic acids is 1. The number of aromatic nitrogens is 1. The van der Waals surface area contributed by atoms with E-state index in [9.17, 15) is 14.7 Å². The zero-order valence-corrected chi connectivity index (χ0v) is 14.1. The molecular weight excluding hydrogens is 306 g/mol. The number of carbonyl (C=O) groups is 1. The third-order valence-corrected chi connectivity index (χ3v) is 3.84. The van der Waals surface area contributed by atoms with Gasteiger partial charge in [-0.2, -0.15) is 0 Å². The van der Waals surface area contributed by atoms with Crippen molar-refractivity contribution >= 4 is 6.03 Å². The van der Waals surface area contributed by atoms with Gasteiger partial charge in [-0.25, -0.2) is 4.79 Å². The standard InChI is InChI=1S/C18H23N3O3/c1-11-4-6-14(7-5-11)16(22)10-20-18(24)19-9-15-12(2)8-13(3)21-17(15)23/h4-8,16,22H,9-10H2,1-3H3,(H,21,23)(H2,19,20,24)/t16-/m1/s1. The van der Waals surface area contributed by atoms with Crippen LogP contribution < -0.4 is 16.2 Å². The summed E-state index contributed by atoms with van der Waals surface area (Å²) in [7, 11) is 0. The number of benzene rings is 1. The molecule has 128 valence electrons. The summed E-state index contributed by atoms with van der Waals surface area (Å²) in [6.45, 7) is 5.84. The van der Waals surface area contributed by atoms with Gasteiger partial charge in [-0.3, -0.25) is 4.79 Å². The summed E-state index contributed by atoms with van der Waals surface area (Å²) in [5.74, 6) is 0. The van der Waals surface area contributed by atoms with E-state index in [4.69, 9.17) is 0 Å². The molecule has 1 aromatic carbocycles. The molecule has 0 unspecified atom stereocenters. The van der Waals surface area contributed by atoms with Crippen LogP contribution in [0.15, 0.2) is 35.1 Å². The van der Waals surface area contributed by atoms with E-state index in [1.54, 1.807) is 0 Å². The van der Waals surface area contributed by atoms with Gasteiger partial charge < -0.3 is 20.7 Å². The number of nitrogens with one attached hydrogen (secondary N) is 3. The lowest BCUT2D eigenvalue weighted by atomic mass is 10.1. The van der Waals surface area contributed by atoms with E-state index < -0.39 is 12.1 Å². The molecule has 24 heavy (non-hydrogen) atoms. The van der Waals surface area contributed by atoms with Crippen LogP contribution in [0.25, 0.3) is 0 Å². The van der Waals surface area contributed by atoms with Crippen LogP contribution in [0.5, 0.6) is 0 Å². The molecule has 0 bridgehead atoms. The highest BCUT2D eigenvalue weighted by Crippen LogP contribution is 2.12. The van der Waals surface area contributed by atoms with Crippen molar-refractivity contribution in [3.05, 3.63) is 68.6 Å². The number of hydrogen-bond donors (Lipinski definition) is 4. The van der Waals surface area contributed by atoms with Crippen LogP contribution in [0.3, 0.4) is 0 Å². The fraction of sp³-hybridized carbons (Fsp3) is 0.333. The number of H-pyrrole nitrogens is 1. The van der Waals surface area contributed by atoms with E-state index in [0.717, 1.165) is 22.4 Å². The number of urea groups is 1. The minimum atomic E-state index is -0.777. The second kappa shape index (κ2) is 7.79. The average molecular weight is 329 g/mol. The predicted molar refractivity (Wildman–Crippen MR) is 92.9 cm³/mol. The Morgan fingerprint density at radius 1 is 1.17 bits per heavy atom. The number of hydrogen-bond acceptors (Lipinski definition) is 3. The first-order valence-corrected chi connectivity index (χ1v) is 7.82. The molecule has 6 nitrogen and oxygen atoms in total. The van der Waals surface area contributed by atoms with Crippen molar-refractivity contribution in [2.75, 3.05) is 6.54 Å². The molecule has 0 saturated carbocycles. The zero-order valence-electron chi connectivity index (χ0n) is 14.1. The van der Waals surface area contributed by atoms with Crippen molar-refractivity contribution in [3.63, 3.8) is 0 Å². The molecule has 0 aliphatic rings. The summed E-state index contributed by atoms with van der Waals surface area (Å²) in [6.07, 6.45) is -0.777. The SMILES string of the molecule is Cc1ccc([C@H](O)CNC(=O)NCc2c(C)cc(C)[nH]c2=O)cc1. The maximum absolute atomic E-state index is 11.9. The van der Waals surface area contributed by atoms with E-state index in [0.29, 0.717) is 5.56 Å². The van der Waals surface area contributed by atoms with E-state index in [2.05, 4.69) is 15.6 Å². The molecule has 1 atom stereocenters. The zero-order chi connectivity index (χ0) is 17.7. The Morgan fingerprint density at radius 2 is 1.83 bits per heavy atom. The molecule has 2 rings (SSSR count). The van der Waals surface area contributed by atoms with Gasteiger partial charge in [-0.15, -0.1) is 0 Å². The number of pyridine rings is 1. The highest BCUT2D eigenvalue weighted by Gasteiger charge is 2.10. The Kier molecular flexibility index (Phi) is 5.76. The van der Waals surface area contributed by atoms with Gasteiger partial charge in [0.2, 0.25) is 0 Å². The summed E-state index contributed by atoms with van der Waals surface area (Å²) in [5, 5.41) is 15.3. The van der Waals surface area contributed by atoms with Gasteiger partial charge in [-0.05, 0) is 38.0 Å². The lowest BCUT2D eigenvalue weighted by Gasteiger charge is -2.13. The molecule has 0 fully saturated rings.